The molecule has 0 atom stereocenters. The van der Waals surface area contributed by atoms with E-state index in [0.717, 1.165) is 25.7 Å². The van der Waals surface area contributed by atoms with Crippen molar-refractivity contribution in [1.82, 2.24) is 0 Å². The molecule has 0 saturated heterocycles. The van der Waals surface area contributed by atoms with Gasteiger partial charge in [-0.1, -0.05) is 12.8 Å². The van der Waals surface area contributed by atoms with E-state index in [9.17, 15) is 4.79 Å². The first-order valence-electron chi connectivity index (χ1n) is 4.86. The van der Waals surface area contributed by atoms with Crippen molar-refractivity contribution in [3.05, 3.63) is 0 Å². The molecule has 0 unspecified atom stereocenters. The molecule has 0 radical (unpaired) electrons. The van der Waals surface area contributed by atoms with Crippen LogP contribution in [-0.4, -0.2) is 17.1 Å². The highest BCUT2D eigenvalue weighted by molar-refractivity contribution is 5.85. The number of carbonyl (C=O) groups is 1. The van der Waals surface area contributed by atoms with E-state index in [-0.39, 0.29) is 18.4 Å². The van der Waals surface area contributed by atoms with Crippen LogP contribution in [0.15, 0.2) is 0 Å². The summed E-state index contributed by atoms with van der Waals surface area (Å²) < 4.78 is 5.26. The molecule has 0 aromatic carbocycles. The number of halogens is 1. The van der Waals surface area contributed by atoms with Crippen molar-refractivity contribution in [2.45, 2.75) is 57.6 Å². The van der Waals surface area contributed by atoms with Gasteiger partial charge < -0.3 is 10.5 Å². The monoisotopic (exact) mass is 221 g/mol. The second-order valence-electron chi connectivity index (χ2n) is 4.87. The van der Waals surface area contributed by atoms with Gasteiger partial charge in [0.25, 0.3) is 0 Å². The minimum absolute atomic E-state index is 0. The molecule has 4 heteroatoms. The van der Waals surface area contributed by atoms with Crippen molar-refractivity contribution >= 4 is 18.4 Å². The van der Waals surface area contributed by atoms with Crippen LogP contribution in [0.1, 0.15) is 46.5 Å². The van der Waals surface area contributed by atoms with E-state index in [0.29, 0.717) is 0 Å². The number of esters is 1. The predicted molar refractivity (Wildman–Crippen MR) is 58.5 cm³/mol. The van der Waals surface area contributed by atoms with E-state index in [2.05, 4.69) is 0 Å². The second-order valence-corrected chi connectivity index (χ2v) is 4.87. The molecule has 0 heterocycles. The average molecular weight is 222 g/mol. The molecular weight excluding hydrogens is 202 g/mol. The Kier molecular flexibility index (Phi) is 4.40. The molecule has 3 nitrogen and oxygen atoms in total. The molecule has 1 fully saturated rings. The average Bonchev–Trinajstić information content (AvgIpc) is 2.33. The largest absolute Gasteiger partial charge is 0.459 e. The van der Waals surface area contributed by atoms with Gasteiger partial charge in [0.05, 0.1) is 0 Å². The summed E-state index contributed by atoms with van der Waals surface area (Å²) in [6.45, 7) is 5.59. The fourth-order valence-corrected chi connectivity index (χ4v) is 1.59. The standard InChI is InChI=1S/C10H19NO2.ClH/c1-9(2,3)13-8(12)10(11)6-4-5-7-10;/h4-7,11H2,1-3H3;1H. The van der Waals surface area contributed by atoms with Gasteiger partial charge in [-0.3, -0.25) is 4.79 Å². The lowest BCUT2D eigenvalue weighted by atomic mass is 9.99. The van der Waals surface area contributed by atoms with Gasteiger partial charge in [0.1, 0.15) is 11.1 Å². The molecule has 0 aromatic rings. The first kappa shape index (κ1) is 13.7. The number of hydrogen-bond acceptors (Lipinski definition) is 3. The zero-order chi connectivity index (χ0) is 10.1. The van der Waals surface area contributed by atoms with Crippen molar-refractivity contribution in [2.75, 3.05) is 0 Å². The minimum Gasteiger partial charge on any atom is -0.459 e. The van der Waals surface area contributed by atoms with Crippen LogP contribution in [0.5, 0.6) is 0 Å². The number of hydrogen-bond donors (Lipinski definition) is 1. The lowest BCUT2D eigenvalue weighted by Gasteiger charge is -2.27. The Morgan fingerprint density at radius 2 is 1.71 bits per heavy atom. The Labute approximate surface area is 91.8 Å². The minimum atomic E-state index is -0.701. The molecule has 2 N–H and O–H groups in total. The van der Waals surface area contributed by atoms with Crippen LogP contribution < -0.4 is 5.73 Å². The van der Waals surface area contributed by atoms with Gasteiger partial charge in [-0.25, -0.2) is 0 Å². The molecule has 0 amide bonds. The van der Waals surface area contributed by atoms with Gasteiger partial charge >= 0.3 is 5.97 Å². The quantitative estimate of drug-likeness (QED) is 0.690. The summed E-state index contributed by atoms with van der Waals surface area (Å²) in [6.07, 6.45) is 3.61. The maximum atomic E-state index is 11.6. The molecule has 0 bridgehead atoms. The SMILES string of the molecule is CC(C)(C)OC(=O)C1(N)CCCC1.Cl. The number of rotatable bonds is 1. The second kappa shape index (κ2) is 4.49. The lowest BCUT2D eigenvalue weighted by molar-refractivity contribution is -0.161. The van der Waals surface area contributed by atoms with Crippen LogP contribution in [0.4, 0.5) is 0 Å². The molecule has 84 valence electrons. The molecule has 0 aromatic heterocycles. The third-order valence-corrected chi connectivity index (χ3v) is 2.30. The molecular formula is C10H20ClNO2. The van der Waals surface area contributed by atoms with E-state index >= 15 is 0 Å². The molecule has 1 aliphatic carbocycles. The highest BCUT2D eigenvalue weighted by Crippen LogP contribution is 2.29. The molecule has 1 rings (SSSR count). The predicted octanol–water partition coefficient (Wildman–Crippen LogP) is 2.02. The van der Waals surface area contributed by atoms with Crippen molar-refractivity contribution in [2.24, 2.45) is 5.73 Å². The van der Waals surface area contributed by atoms with E-state index < -0.39 is 11.1 Å². The first-order valence-corrected chi connectivity index (χ1v) is 4.86. The van der Waals surface area contributed by atoms with Crippen LogP contribution in [-0.2, 0) is 9.53 Å². The Morgan fingerprint density at radius 1 is 1.29 bits per heavy atom. The third kappa shape index (κ3) is 3.46. The van der Waals surface area contributed by atoms with Crippen molar-refractivity contribution in [3.8, 4) is 0 Å². The number of ether oxygens (including phenoxy) is 1. The van der Waals surface area contributed by atoms with Gasteiger partial charge in [-0.2, -0.15) is 0 Å². The van der Waals surface area contributed by atoms with E-state index in [1.54, 1.807) is 0 Å². The fraction of sp³-hybridized carbons (Fsp3) is 0.900. The molecule has 0 spiro atoms. The lowest BCUT2D eigenvalue weighted by Crippen LogP contribution is -2.48. The highest BCUT2D eigenvalue weighted by Gasteiger charge is 2.40. The maximum Gasteiger partial charge on any atom is 0.326 e. The summed E-state index contributed by atoms with van der Waals surface area (Å²) in [5.41, 5.74) is 4.81. The maximum absolute atomic E-state index is 11.6. The van der Waals surface area contributed by atoms with Crippen LogP contribution in [0.25, 0.3) is 0 Å². The van der Waals surface area contributed by atoms with Crippen molar-refractivity contribution in [1.29, 1.82) is 0 Å². The Morgan fingerprint density at radius 3 is 2.07 bits per heavy atom. The summed E-state index contributed by atoms with van der Waals surface area (Å²) >= 11 is 0. The topological polar surface area (TPSA) is 52.3 Å². The first-order chi connectivity index (χ1) is 5.83. The summed E-state index contributed by atoms with van der Waals surface area (Å²) in [6, 6.07) is 0. The van der Waals surface area contributed by atoms with Gasteiger partial charge in [-0.15, -0.1) is 12.4 Å². The summed E-state index contributed by atoms with van der Waals surface area (Å²) in [5.74, 6) is -0.238. The highest BCUT2D eigenvalue weighted by atomic mass is 35.5. The van der Waals surface area contributed by atoms with Gasteiger partial charge in [-0.05, 0) is 33.6 Å². The zero-order valence-electron chi connectivity index (χ0n) is 9.13. The molecule has 1 aliphatic rings. The molecule has 0 aliphatic heterocycles. The third-order valence-electron chi connectivity index (χ3n) is 2.30. The van der Waals surface area contributed by atoms with Crippen LogP contribution in [0, 0.1) is 0 Å². The molecule has 1 saturated carbocycles. The van der Waals surface area contributed by atoms with E-state index in [4.69, 9.17) is 10.5 Å². The van der Waals surface area contributed by atoms with Gasteiger partial charge in [0.2, 0.25) is 0 Å². The summed E-state index contributed by atoms with van der Waals surface area (Å²) in [5, 5.41) is 0. The normalized spacial score (nSPS) is 20.0. The van der Waals surface area contributed by atoms with E-state index in [1.807, 2.05) is 20.8 Å². The Bertz CT molecular complexity index is 205. The number of carbonyl (C=O) groups excluding carboxylic acids is 1. The fourth-order valence-electron chi connectivity index (χ4n) is 1.59. The number of nitrogens with two attached hydrogens (primary N) is 1. The van der Waals surface area contributed by atoms with Crippen LogP contribution in [0.3, 0.4) is 0 Å². The summed E-state index contributed by atoms with van der Waals surface area (Å²) in [7, 11) is 0. The van der Waals surface area contributed by atoms with Crippen molar-refractivity contribution in [3.63, 3.8) is 0 Å². The zero-order valence-corrected chi connectivity index (χ0v) is 9.95. The van der Waals surface area contributed by atoms with Crippen LogP contribution >= 0.6 is 12.4 Å². The van der Waals surface area contributed by atoms with Gasteiger partial charge in [0, 0.05) is 0 Å². The summed E-state index contributed by atoms with van der Waals surface area (Å²) in [4.78, 5) is 11.6. The van der Waals surface area contributed by atoms with Gasteiger partial charge in [0.15, 0.2) is 0 Å². The van der Waals surface area contributed by atoms with E-state index in [1.165, 1.54) is 0 Å². The molecule has 14 heavy (non-hydrogen) atoms. The smallest absolute Gasteiger partial charge is 0.326 e. The van der Waals surface area contributed by atoms with Crippen LogP contribution in [0.2, 0.25) is 0 Å². The Hall–Kier alpha value is -0.280. The Balaban J connectivity index is 0.00000169. The van der Waals surface area contributed by atoms with Crippen molar-refractivity contribution < 1.29 is 9.53 Å².